The standard InChI is InChI=1S/C22H17N3O4S/c1-13-18-21(23-11-25(22(18)27)10-14-5-3-2-4-6-14)30-19(13)20(26)24-15-7-8-16-17(9-15)29-12-28-16/h2-9,11H,10,12H2,1H3,(H,24,26). The SMILES string of the molecule is Cc1c(C(=O)Nc2ccc3c(c2)OCO3)sc2ncn(Cc3ccccc3)c(=O)c12. The van der Waals surface area contributed by atoms with Crippen LogP contribution >= 0.6 is 11.3 Å². The fourth-order valence-corrected chi connectivity index (χ4v) is 4.47. The molecule has 0 bridgehead atoms. The number of benzene rings is 2. The van der Waals surface area contributed by atoms with Crippen molar-refractivity contribution in [2.75, 3.05) is 12.1 Å². The topological polar surface area (TPSA) is 82.4 Å². The van der Waals surface area contributed by atoms with Gasteiger partial charge in [-0.15, -0.1) is 11.3 Å². The Labute approximate surface area is 175 Å². The van der Waals surface area contributed by atoms with Crippen molar-refractivity contribution < 1.29 is 14.3 Å². The Balaban J connectivity index is 1.46. The maximum absolute atomic E-state index is 13.0. The summed E-state index contributed by atoms with van der Waals surface area (Å²) >= 11 is 1.21. The van der Waals surface area contributed by atoms with Crippen LogP contribution in [0.5, 0.6) is 11.5 Å². The van der Waals surface area contributed by atoms with Gasteiger partial charge < -0.3 is 14.8 Å². The van der Waals surface area contributed by atoms with Crippen LogP contribution in [-0.4, -0.2) is 22.3 Å². The van der Waals surface area contributed by atoms with Crippen molar-refractivity contribution in [2.45, 2.75) is 13.5 Å². The molecule has 2 aromatic heterocycles. The maximum Gasteiger partial charge on any atom is 0.266 e. The minimum Gasteiger partial charge on any atom is -0.454 e. The molecule has 0 fully saturated rings. The maximum atomic E-state index is 13.0. The summed E-state index contributed by atoms with van der Waals surface area (Å²) in [5.74, 6) is 0.948. The molecule has 0 unspecified atom stereocenters. The predicted octanol–water partition coefficient (Wildman–Crippen LogP) is 3.80. The Morgan fingerprint density at radius 3 is 2.80 bits per heavy atom. The lowest BCUT2D eigenvalue weighted by molar-refractivity contribution is 0.103. The summed E-state index contributed by atoms with van der Waals surface area (Å²) in [5, 5.41) is 3.34. The van der Waals surface area contributed by atoms with E-state index in [1.54, 1.807) is 29.7 Å². The van der Waals surface area contributed by atoms with Gasteiger partial charge in [0.25, 0.3) is 11.5 Å². The van der Waals surface area contributed by atoms with Gasteiger partial charge in [0.05, 0.1) is 23.1 Å². The minimum absolute atomic E-state index is 0.153. The summed E-state index contributed by atoms with van der Waals surface area (Å²) in [6.45, 7) is 2.38. The zero-order valence-electron chi connectivity index (χ0n) is 16.0. The molecule has 7 nitrogen and oxygen atoms in total. The molecule has 0 saturated heterocycles. The average molecular weight is 419 g/mol. The molecule has 0 spiro atoms. The van der Waals surface area contributed by atoms with Crippen LogP contribution < -0.4 is 20.3 Å². The molecule has 1 amide bonds. The number of aryl methyl sites for hydroxylation is 1. The van der Waals surface area contributed by atoms with Crippen molar-refractivity contribution >= 4 is 33.1 Å². The molecule has 3 heterocycles. The Kier molecular flexibility index (Phi) is 4.48. The lowest BCUT2D eigenvalue weighted by Gasteiger charge is -2.06. The molecule has 2 aromatic carbocycles. The predicted molar refractivity (Wildman–Crippen MR) is 115 cm³/mol. The Hall–Kier alpha value is -3.65. The second kappa shape index (κ2) is 7.31. The summed E-state index contributed by atoms with van der Waals surface area (Å²) in [6, 6.07) is 14.9. The van der Waals surface area contributed by atoms with E-state index in [4.69, 9.17) is 9.47 Å². The molecule has 4 aromatic rings. The van der Waals surface area contributed by atoms with E-state index in [-0.39, 0.29) is 18.3 Å². The smallest absolute Gasteiger partial charge is 0.266 e. The van der Waals surface area contributed by atoms with E-state index in [9.17, 15) is 9.59 Å². The summed E-state index contributed by atoms with van der Waals surface area (Å²) in [4.78, 5) is 31.4. The van der Waals surface area contributed by atoms with E-state index in [1.807, 2.05) is 30.3 Å². The van der Waals surface area contributed by atoms with Crippen LogP contribution in [0.3, 0.4) is 0 Å². The van der Waals surface area contributed by atoms with Crippen LogP contribution in [0.25, 0.3) is 10.2 Å². The first-order chi connectivity index (χ1) is 14.6. The number of anilines is 1. The van der Waals surface area contributed by atoms with E-state index in [0.717, 1.165) is 5.56 Å². The lowest BCUT2D eigenvalue weighted by atomic mass is 10.2. The van der Waals surface area contributed by atoms with Gasteiger partial charge in [0.2, 0.25) is 6.79 Å². The number of hydrogen-bond acceptors (Lipinski definition) is 6. The van der Waals surface area contributed by atoms with Crippen molar-refractivity contribution in [3.63, 3.8) is 0 Å². The van der Waals surface area contributed by atoms with Gasteiger partial charge in [-0.3, -0.25) is 14.2 Å². The second-order valence-electron chi connectivity index (χ2n) is 6.92. The van der Waals surface area contributed by atoms with Crippen molar-refractivity contribution in [1.29, 1.82) is 0 Å². The number of hydrogen-bond donors (Lipinski definition) is 1. The number of carbonyl (C=O) groups excluding carboxylic acids is 1. The first-order valence-corrected chi connectivity index (χ1v) is 10.2. The molecule has 0 atom stereocenters. The van der Waals surface area contributed by atoms with Gasteiger partial charge in [0.1, 0.15) is 4.83 Å². The van der Waals surface area contributed by atoms with E-state index in [2.05, 4.69) is 10.3 Å². The number of carbonyl (C=O) groups is 1. The number of thiophene rings is 1. The van der Waals surface area contributed by atoms with Crippen LogP contribution in [0, 0.1) is 6.92 Å². The van der Waals surface area contributed by atoms with E-state index in [0.29, 0.717) is 44.4 Å². The Bertz CT molecular complexity index is 1330. The van der Waals surface area contributed by atoms with Crippen molar-refractivity contribution in [3.8, 4) is 11.5 Å². The molecular weight excluding hydrogens is 402 g/mol. The molecule has 5 rings (SSSR count). The highest BCUT2D eigenvalue weighted by atomic mass is 32.1. The van der Waals surface area contributed by atoms with Crippen LogP contribution in [0.2, 0.25) is 0 Å². The van der Waals surface area contributed by atoms with Crippen molar-refractivity contribution in [2.24, 2.45) is 0 Å². The van der Waals surface area contributed by atoms with Gasteiger partial charge in [-0.2, -0.15) is 0 Å². The third-order valence-electron chi connectivity index (χ3n) is 4.95. The molecule has 1 aliphatic rings. The van der Waals surface area contributed by atoms with E-state index < -0.39 is 0 Å². The number of ether oxygens (including phenoxy) is 2. The first-order valence-electron chi connectivity index (χ1n) is 9.33. The number of nitrogens with zero attached hydrogens (tertiary/aromatic N) is 2. The Morgan fingerprint density at radius 1 is 1.17 bits per heavy atom. The second-order valence-corrected chi connectivity index (χ2v) is 7.92. The molecule has 0 aliphatic carbocycles. The van der Waals surface area contributed by atoms with Gasteiger partial charge in [-0.05, 0) is 30.2 Å². The Morgan fingerprint density at radius 2 is 1.97 bits per heavy atom. The highest BCUT2D eigenvalue weighted by Gasteiger charge is 2.21. The van der Waals surface area contributed by atoms with Gasteiger partial charge in [-0.25, -0.2) is 4.98 Å². The zero-order chi connectivity index (χ0) is 20.7. The van der Waals surface area contributed by atoms with Crippen molar-refractivity contribution in [1.82, 2.24) is 9.55 Å². The molecule has 150 valence electrons. The van der Waals surface area contributed by atoms with E-state index in [1.165, 1.54) is 17.7 Å². The third-order valence-corrected chi connectivity index (χ3v) is 6.15. The quantitative estimate of drug-likeness (QED) is 0.544. The van der Waals surface area contributed by atoms with Crippen LogP contribution in [-0.2, 0) is 6.54 Å². The van der Waals surface area contributed by atoms with Crippen LogP contribution in [0.1, 0.15) is 20.8 Å². The number of rotatable bonds is 4. The summed E-state index contributed by atoms with van der Waals surface area (Å²) in [6.07, 6.45) is 1.53. The summed E-state index contributed by atoms with van der Waals surface area (Å²) in [5.41, 5.74) is 2.08. The fourth-order valence-electron chi connectivity index (χ4n) is 3.43. The number of nitrogens with one attached hydrogen (secondary N) is 1. The van der Waals surface area contributed by atoms with Crippen molar-refractivity contribution in [3.05, 3.63) is 81.2 Å². The highest BCUT2D eigenvalue weighted by Crippen LogP contribution is 2.35. The monoisotopic (exact) mass is 419 g/mol. The molecular formula is C22H17N3O4S. The number of fused-ring (bicyclic) bond motifs is 2. The summed E-state index contributed by atoms with van der Waals surface area (Å²) in [7, 11) is 0. The average Bonchev–Trinajstić information content (AvgIpc) is 3.35. The summed E-state index contributed by atoms with van der Waals surface area (Å²) < 4.78 is 12.2. The van der Waals surface area contributed by atoms with Crippen LogP contribution in [0.4, 0.5) is 5.69 Å². The largest absolute Gasteiger partial charge is 0.454 e. The molecule has 1 N–H and O–H groups in total. The number of aromatic nitrogens is 2. The number of amides is 1. The molecule has 0 saturated carbocycles. The fraction of sp³-hybridized carbons (Fsp3) is 0.136. The highest BCUT2D eigenvalue weighted by molar-refractivity contribution is 7.20. The molecule has 0 radical (unpaired) electrons. The van der Waals surface area contributed by atoms with Gasteiger partial charge in [0, 0.05) is 11.8 Å². The normalized spacial score (nSPS) is 12.3. The van der Waals surface area contributed by atoms with E-state index >= 15 is 0 Å². The van der Waals surface area contributed by atoms with Gasteiger partial charge >= 0.3 is 0 Å². The molecule has 1 aliphatic heterocycles. The first kappa shape index (κ1) is 18.4. The molecule has 30 heavy (non-hydrogen) atoms. The van der Waals surface area contributed by atoms with Gasteiger partial charge in [-0.1, -0.05) is 30.3 Å². The van der Waals surface area contributed by atoms with Gasteiger partial charge in [0.15, 0.2) is 11.5 Å². The third kappa shape index (κ3) is 3.21. The molecule has 8 heteroatoms. The lowest BCUT2D eigenvalue weighted by Crippen LogP contribution is -2.21. The zero-order valence-corrected chi connectivity index (χ0v) is 16.9. The van der Waals surface area contributed by atoms with Crippen LogP contribution in [0.15, 0.2) is 59.7 Å². The minimum atomic E-state index is -0.289.